The molecule has 2 rings (SSSR count). The molecule has 0 saturated carbocycles. The van der Waals surface area contributed by atoms with Gasteiger partial charge in [-0.05, 0) is 64.1 Å². The fourth-order valence-corrected chi connectivity index (χ4v) is 3.88. The molecule has 2 aliphatic rings. The molecule has 2 aliphatic heterocycles. The molecule has 0 aliphatic carbocycles. The van der Waals surface area contributed by atoms with Crippen molar-refractivity contribution in [3.05, 3.63) is 0 Å². The summed E-state index contributed by atoms with van der Waals surface area (Å²) in [5, 5.41) is 3.32. The first kappa shape index (κ1) is 17.7. The second kappa shape index (κ2) is 8.88. The van der Waals surface area contributed by atoms with Gasteiger partial charge in [-0.3, -0.25) is 4.79 Å². The third-order valence-corrected chi connectivity index (χ3v) is 5.35. The van der Waals surface area contributed by atoms with Crippen LogP contribution in [0.4, 0.5) is 0 Å². The van der Waals surface area contributed by atoms with Gasteiger partial charge in [-0.2, -0.15) is 0 Å². The molecule has 0 aromatic carbocycles. The quantitative estimate of drug-likeness (QED) is 0.818. The van der Waals surface area contributed by atoms with Gasteiger partial charge in [0.2, 0.25) is 5.91 Å². The van der Waals surface area contributed by atoms with Crippen molar-refractivity contribution in [1.82, 2.24) is 15.1 Å². The van der Waals surface area contributed by atoms with Crippen molar-refractivity contribution in [3.63, 3.8) is 0 Å². The summed E-state index contributed by atoms with van der Waals surface area (Å²) in [5.41, 5.74) is 0. The number of hydrogen-bond donors (Lipinski definition) is 1. The van der Waals surface area contributed by atoms with Crippen LogP contribution in [0, 0.1) is 11.8 Å². The number of likely N-dealkylation sites (tertiary alicyclic amines) is 2. The number of nitrogens with zero attached hydrogens (tertiary/aromatic N) is 2. The van der Waals surface area contributed by atoms with E-state index in [1.807, 2.05) is 7.05 Å². The second-order valence-electron chi connectivity index (χ2n) is 7.62. The average Bonchev–Trinajstić information content (AvgIpc) is 2.53. The molecule has 2 heterocycles. The summed E-state index contributed by atoms with van der Waals surface area (Å²) in [4.78, 5) is 17.0. The van der Waals surface area contributed by atoms with Crippen LogP contribution in [0.25, 0.3) is 0 Å². The largest absolute Gasteiger partial charge is 0.343 e. The number of hydrogen-bond acceptors (Lipinski definition) is 3. The molecular weight excluding hydrogens is 274 g/mol. The van der Waals surface area contributed by atoms with E-state index in [0.717, 1.165) is 50.6 Å². The van der Waals surface area contributed by atoms with Crippen molar-refractivity contribution in [2.45, 2.75) is 58.4 Å². The van der Waals surface area contributed by atoms with E-state index in [1.165, 1.54) is 32.5 Å². The van der Waals surface area contributed by atoms with Gasteiger partial charge in [-0.15, -0.1) is 0 Å². The van der Waals surface area contributed by atoms with Crippen molar-refractivity contribution < 1.29 is 4.79 Å². The van der Waals surface area contributed by atoms with Gasteiger partial charge in [0, 0.05) is 32.1 Å². The minimum Gasteiger partial charge on any atom is -0.343 e. The SMILES string of the molecule is CNC1CCN(C(=O)CCC2CCN(CC(C)C)CC2)CC1. The van der Waals surface area contributed by atoms with Gasteiger partial charge >= 0.3 is 0 Å². The van der Waals surface area contributed by atoms with Gasteiger partial charge in [0.15, 0.2) is 0 Å². The Morgan fingerprint density at radius 3 is 2.27 bits per heavy atom. The molecule has 0 unspecified atom stereocenters. The molecule has 1 amide bonds. The lowest BCUT2D eigenvalue weighted by Crippen LogP contribution is -2.44. The minimum absolute atomic E-state index is 0.388. The van der Waals surface area contributed by atoms with Gasteiger partial charge in [0.1, 0.15) is 0 Å². The Kier molecular flexibility index (Phi) is 7.16. The van der Waals surface area contributed by atoms with E-state index >= 15 is 0 Å². The molecule has 0 spiro atoms. The fraction of sp³-hybridized carbons (Fsp3) is 0.944. The van der Waals surface area contributed by atoms with Crippen LogP contribution >= 0.6 is 0 Å². The molecule has 4 heteroatoms. The Morgan fingerprint density at radius 2 is 1.73 bits per heavy atom. The maximum Gasteiger partial charge on any atom is 0.222 e. The molecule has 2 fully saturated rings. The topological polar surface area (TPSA) is 35.6 Å². The lowest BCUT2D eigenvalue weighted by molar-refractivity contribution is -0.132. The number of amides is 1. The Balaban J connectivity index is 1.61. The highest BCUT2D eigenvalue weighted by Crippen LogP contribution is 2.23. The first-order valence-electron chi connectivity index (χ1n) is 9.26. The number of carbonyl (C=O) groups is 1. The van der Waals surface area contributed by atoms with E-state index in [2.05, 4.69) is 29.0 Å². The Bertz CT molecular complexity index is 329. The van der Waals surface area contributed by atoms with E-state index in [-0.39, 0.29) is 0 Å². The van der Waals surface area contributed by atoms with Crippen LogP contribution in [0.15, 0.2) is 0 Å². The summed E-state index contributed by atoms with van der Waals surface area (Å²) in [7, 11) is 2.02. The van der Waals surface area contributed by atoms with Crippen LogP contribution < -0.4 is 5.32 Å². The van der Waals surface area contributed by atoms with Gasteiger partial charge in [0.05, 0.1) is 0 Å². The van der Waals surface area contributed by atoms with Crippen molar-refractivity contribution in [2.24, 2.45) is 11.8 Å². The van der Waals surface area contributed by atoms with Gasteiger partial charge in [-0.1, -0.05) is 13.8 Å². The minimum atomic E-state index is 0.388. The van der Waals surface area contributed by atoms with E-state index in [0.29, 0.717) is 11.9 Å². The zero-order chi connectivity index (χ0) is 15.9. The van der Waals surface area contributed by atoms with Gasteiger partial charge < -0.3 is 15.1 Å². The van der Waals surface area contributed by atoms with Crippen LogP contribution in [-0.2, 0) is 4.79 Å². The van der Waals surface area contributed by atoms with Crippen molar-refractivity contribution in [2.75, 3.05) is 39.8 Å². The van der Waals surface area contributed by atoms with Crippen molar-refractivity contribution >= 4 is 5.91 Å². The zero-order valence-electron chi connectivity index (χ0n) is 14.8. The van der Waals surface area contributed by atoms with E-state index in [9.17, 15) is 4.79 Å². The third kappa shape index (κ3) is 5.54. The highest BCUT2D eigenvalue weighted by Gasteiger charge is 2.24. The Morgan fingerprint density at radius 1 is 1.09 bits per heavy atom. The predicted octanol–water partition coefficient (Wildman–Crippen LogP) is 2.34. The second-order valence-corrected chi connectivity index (χ2v) is 7.62. The molecule has 22 heavy (non-hydrogen) atoms. The third-order valence-electron chi connectivity index (χ3n) is 5.35. The molecule has 1 N–H and O–H groups in total. The maximum absolute atomic E-state index is 12.3. The standard InChI is InChI=1S/C18H35N3O/c1-15(2)14-20-10-6-16(7-11-20)4-5-18(22)21-12-8-17(19-3)9-13-21/h15-17,19H,4-14H2,1-3H3. The van der Waals surface area contributed by atoms with E-state index in [1.54, 1.807) is 0 Å². The van der Waals surface area contributed by atoms with Gasteiger partial charge in [0.25, 0.3) is 0 Å². The van der Waals surface area contributed by atoms with Crippen LogP contribution in [0.1, 0.15) is 52.4 Å². The van der Waals surface area contributed by atoms with Crippen LogP contribution in [-0.4, -0.2) is 61.5 Å². The summed E-state index contributed by atoms with van der Waals surface area (Å²) < 4.78 is 0. The van der Waals surface area contributed by atoms with E-state index in [4.69, 9.17) is 0 Å². The number of rotatable bonds is 6. The highest BCUT2D eigenvalue weighted by molar-refractivity contribution is 5.76. The lowest BCUT2D eigenvalue weighted by Gasteiger charge is -2.34. The maximum atomic E-state index is 12.3. The summed E-state index contributed by atoms with van der Waals surface area (Å²) in [5.74, 6) is 1.92. The molecule has 4 nitrogen and oxygen atoms in total. The predicted molar refractivity (Wildman–Crippen MR) is 91.9 cm³/mol. The first-order valence-corrected chi connectivity index (χ1v) is 9.26. The smallest absolute Gasteiger partial charge is 0.222 e. The monoisotopic (exact) mass is 309 g/mol. The van der Waals surface area contributed by atoms with Crippen LogP contribution in [0.2, 0.25) is 0 Å². The highest BCUT2D eigenvalue weighted by atomic mass is 16.2. The summed E-state index contributed by atoms with van der Waals surface area (Å²) in [6.45, 7) is 10.2. The number of nitrogens with one attached hydrogen (secondary N) is 1. The molecule has 0 aromatic heterocycles. The Hall–Kier alpha value is -0.610. The van der Waals surface area contributed by atoms with Gasteiger partial charge in [-0.25, -0.2) is 0 Å². The molecule has 0 bridgehead atoms. The molecule has 0 aromatic rings. The number of carbonyl (C=O) groups excluding carboxylic acids is 1. The lowest BCUT2D eigenvalue weighted by atomic mass is 9.91. The fourth-order valence-electron chi connectivity index (χ4n) is 3.88. The van der Waals surface area contributed by atoms with Crippen LogP contribution in [0.3, 0.4) is 0 Å². The molecule has 2 saturated heterocycles. The summed E-state index contributed by atoms with van der Waals surface area (Å²) >= 11 is 0. The average molecular weight is 309 g/mol. The Labute approximate surface area is 136 Å². The van der Waals surface area contributed by atoms with Crippen LogP contribution in [0.5, 0.6) is 0 Å². The summed E-state index contributed by atoms with van der Waals surface area (Å²) in [6.07, 6.45) is 6.63. The van der Waals surface area contributed by atoms with Crippen molar-refractivity contribution in [3.8, 4) is 0 Å². The summed E-state index contributed by atoms with van der Waals surface area (Å²) in [6, 6.07) is 0.606. The molecule has 0 radical (unpaired) electrons. The number of piperidine rings is 2. The van der Waals surface area contributed by atoms with E-state index < -0.39 is 0 Å². The molecule has 128 valence electrons. The molecule has 0 atom stereocenters. The first-order chi connectivity index (χ1) is 10.6. The molecular formula is C18H35N3O. The normalized spacial score (nSPS) is 22.5. The van der Waals surface area contributed by atoms with Crippen molar-refractivity contribution in [1.29, 1.82) is 0 Å². The zero-order valence-corrected chi connectivity index (χ0v) is 14.8.